The summed E-state index contributed by atoms with van der Waals surface area (Å²) in [6, 6.07) is 3.92. The van der Waals surface area contributed by atoms with Gasteiger partial charge < -0.3 is 9.80 Å². The van der Waals surface area contributed by atoms with E-state index in [4.69, 9.17) is 0 Å². The molecule has 3 amide bonds. The van der Waals surface area contributed by atoms with E-state index in [0.717, 1.165) is 24.1 Å². The number of carbonyl (C=O) groups is 3. The van der Waals surface area contributed by atoms with Crippen LogP contribution in [-0.4, -0.2) is 72.2 Å². The van der Waals surface area contributed by atoms with Gasteiger partial charge in [0.2, 0.25) is 5.91 Å². The van der Waals surface area contributed by atoms with Crippen LogP contribution in [0.3, 0.4) is 0 Å². The third-order valence-electron chi connectivity index (χ3n) is 4.10. The summed E-state index contributed by atoms with van der Waals surface area (Å²) in [6.45, 7) is 2.29. The molecule has 2 aliphatic heterocycles. The minimum atomic E-state index is -0.736. The molecule has 1 aromatic rings. The number of likely N-dealkylation sites (N-methyl/N-ethyl adjacent to an activating group) is 1. The molecule has 7 heteroatoms. The Morgan fingerprint density at radius 3 is 2.45 bits per heavy atom. The zero-order valence-corrected chi connectivity index (χ0v) is 12.2. The number of hydrogen-bond donors (Lipinski definition) is 0. The summed E-state index contributed by atoms with van der Waals surface area (Å²) in [4.78, 5) is 41.2. The van der Waals surface area contributed by atoms with Crippen LogP contribution in [0, 0.1) is 5.82 Å². The van der Waals surface area contributed by atoms with E-state index < -0.39 is 17.6 Å². The molecule has 0 bridgehead atoms. The second kappa shape index (κ2) is 5.49. The highest BCUT2D eigenvalue weighted by Crippen LogP contribution is 2.25. The lowest BCUT2D eigenvalue weighted by atomic mass is 10.1. The van der Waals surface area contributed by atoms with Gasteiger partial charge in [0.25, 0.3) is 11.8 Å². The van der Waals surface area contributed by atoms with Gasteiger partial charge in [-0.2, -0.15) is 0 Å². The van der Waals surface area contributed by atoms with E-state index in [9.17, 15) is 18.8 Å². The lowest BCUT2D eigenvalue weighted by molar-refractivity contribution is -0.133. The van der Waals surface area contributed by atoms with Crippen molar-refractivity contribution in [2.75, 3.05) is 39.8 Å². The maximum Gasteiger partial charge on any atom is 0.265 e. The highest BCUT2D eigenvalue weighted by atomic mass is 19.1. The number of halogens is 1. The van der Waals surface area contributed by atoms with Crippen molar-refractivity contribution in [2.45, 2.75) is 0 Å². The van der Waals surface area contributed by atoms with Crippen LogP contribution in [0.5, 0.6) is 0 Å². The van der Waals surface area contributed by atoms with E-state index in [0.29, 0.717) is 13.1 Å². The Hall–Kier alpha value is -2.28. The molecule has 1 saturated heterocycles. The normalized spacial score (nSPS) is 18.8. The van der Waals surface area contributed by atoms with Crippen molar-refractivity contribution in [3.05, 3.63) is 35.1 Å². The van der Waals surface area contributed by atoms with Gasteiger partial charge in [0.1, 0.15) is 12.4 Å². The first-order chi connectivity index (χ1) is 10.5. The fourth-order valence-corrected chi connectivity index (χ4v) is 2.73. The second-order valence-corrected chi connectivity index (χ2v) is 5.54. The topological polar surface area (TPSA) is 60.9 Å². The molecule has 0 N–H and O–H groups in total. The second-order valence-electron chi connectivity index (χ2n) is 5.54. The van der Waals surface area contributed by atoms with Gasteiger partial charge in [-0.25, -0.2) is 4.39 Å². The molecular formula is C15H16FN3O3. The van der Waals surface area contributed by atoms with Gasteiger partial charge in [-0.1, -0.05) is 6.07 Å². The number of amides is 3. The number of hydrogen-bond acceptors (Lipinski definition) is 4. The van der Waals surface area contributed by atoms with Gasteiger partial charge in [-0.15, -0.1) is 0 Å². The van der Waals surface area contributed by atoms with E-state index >= 15 is 0 Å². The molecule has 22 heavy (non-hydrogen) atoms. The maximum absolute atomic E-state index is 13.7. The first-order valence-corrected chi connectivity index (χ1v) is 7.10. The van der Waals surface area contributed by atoms with Crippen molar-refractivity contribution < 1.29 is 18.8 Å². The van der Waals surface area contributed by atoms with Crippen LogP contribution in [0.4, 0.5) is 4.39 Å². The Morgan fingerprint density at radius 1 is 1.14 bits per heavy atom. The number of carbonyl (C=O) groups excluding carboxylic acids is 3. The average molecular weight is 305 g/mol. The predicted octanol–water partition coefficient (Wildman–Crippen LogP) is 0.196. The zero-order valence-electron chi connectivity index (χ0n) is 12.2. The van der Waals surface area contributed by atoms with E-state index in [1.54, 1.807) is 4.90 Å². The summed E-state index contributed by atoms with van der Waals surface area (Å²) < 4.78 is 13.7. The van der Waals surface area contributed by atoms with Gasteiger partial charge in [0.15, 0.2) is 0 Å². The van der Waals surface area contributed by atoms with Crippen LogP contribution in [0.25, 0.3) is 0 Å². The molecule has 1 aromatic carbocycles. The molecule has 0 radical (unpaired) electrons. The number of piperazine rings is 1. The molecule has 1 fully saturated rings. The highest BCUT2D eigenvalue weighted by Gasteiger charge is 2.39. The Bertz CT molecular complexity index is 653. The van der Waals surface area contributed by atoms with Crippen LogP contribution in [0.1, 0.15) is 20.7 Å². The number of benzene rings is 1. The molecule has 2 aliphatic rings. The van der Waals surface area contributed by atoms with Crippen molar-refractivity contribution in [2.24, 2.45) is 0 Å². The molecule has 0 aliphatic carbocycles. The van der Waals surface area contributed by atoms with Crippen molar-refractivity contribution in [1.82, 2.24) is 14.7 Å². The van der Waals surface area contributed by atoms with Crippen molar-refractivity contribution in [3.63, 3.8) is 0 Å². The molecule has 6 nitrogen and oxygen atoms in total. The zero-order chi connectivity index (χ0) is 15.9. The summed E-state index contributed by atoms with van der Waals surface area (Å²) in [6.07, 6.45) is 0. The van der Waals surface area contributed by atoms with Crippen LogP contribution >= 0.6 is 0 Å². The Labute approximate surface area is 127 Å². The van der Waals surface area contributed by atoms with E-state index in [2.05, 4.69) is 4.90 Å². The Balaban J connectivity index is 1.74. The predicted molar refractivity (Wildman–Crippen MR) is 75.8 cm³/mol. The van der Waals surface area contributed by atoms with Crippen LogP contribution in [-0.2, 0) is 4.79 Å². The number of nitrogens with zero attached hydrogens (tertiary/aromatic N) is 3. The first kappa shape index (κ1) is 14.6. The van der Waals surface area contributed by atoms with Gasteiger partial charge in [-0.3, -0.25) is 19.3 Å². The van der Waals surface area contributed by atoms with Gasteiger partial charge in [-0.05, 0) is 19.2 Å². The number of imide groups is 1. The van der Waals surface area contributed by atoms with Crippen molar-refractivity contribution >= 4 is 17.7 Å². The Kier molecular flexibility index (Phi) is 3.66. The molecule has 116 valence electrons. The molecule has 3 rings (SSSR count). The quantitative estimate of drug-likeness (QED) is 0.732. The van der Waals surface area contributed by atoms with Gasteiger partial charge >= 0.3 is 0 Å². The molecule has 0 spiro atoms. The minimum absolute atomic E-state index is 0.0242. The lowest BCUT2D eigenvalue weighted by Gasteiger charge is -2.33. The molecule has 2 heterocycles. The van der Waals surface area contributed by atoms with Gasteiger partial charge in [0.05, 0.1) is 11.1 Å². The fraction of sp³-hybridized carbons (Fsp3) is 0.400. The molecule has 0 atom stereocenters. The average Bonchev–Trinajstić information content (AvgIpc) is 2.74. The van der Waals surface area contributed by atoms with Crippen LogP contribution < -0.4 is 0 Å². The minimum Gasteiger partial charge on any atom is -0.339 e. The number of fused-ring (bicyclic) bond motifs is 1. The summed E-state index contributed by atoms with van der Waals surface area (Å²) >= 11 is 0. The highest BCUT2D eigenvalue weighted by molar-refractivity contribution is 6.22. The summed E-state index contributed by atoms with van der Waals surface area (Å²) in [7, 11) is 1.97. The molecule has 0 saturated carbocycles. The SMILES string of the molecule is CN1CCN(C(=O)CN2C(=O)c3cccc(F)c3C2=O)CC1. The third kappa shape index (κ3) is 2.37. The van der Waals surface area contributed by atoms with E-state index in [1.165, 1.54) is 12.1 Å². The van der Waals surface area contributed by atoms with Crippen LogP contribution in [0.15, 0.2) is 18.2 Å². The van der Waals surface area contributed by atoms with E-state index in [-0.39, 0.29) is 23.6 Å². The fourth-order valence-electron chi connectivity index (χ4n) is 2.73. The third-order valence-corrected chi connectivity index (χ3v) is 4.10. The maximum atomic E-state index is 13.7. The summed E-state index contributed by atoms with van der Waals surface area (Å²) in [5, 5.41) is 0. The Morgan fingerprint density at radius 2 is 1.82 bits per heavy atom. The molecular weight excluding hydrogens is 289 g/mol. The smallest absolute Gasteiger partial charge is 0.265 e. The number of rotatable bonds is 2. The summed E-state index contributed by atoms with van der Waals surface area (Å²) in [5.74, 6) is -2.36. The monoisotopic (exact) mass is 305 g/mol. The first-order valence-electron chi connectivity index (χ1n) is 7.10. The van der Waals surface area contributed by atoms with Crippen LogP contribution in [0.2, 0.25) is 0 Å². The molecule has 0 unspecified atom stereocenters. The largest absolute Gasteiger partial charge is 0.339 e. The standard InChI is InChI=1S/C15H16FN3O3/c1-17-5-7-18(8-6-17)12(20)9-19-14(21)10-3-2-4-11(16)13(10)15(19)22/h2-4H,5-9H2,1H3. The van der Waals surface area contributed by atoms with Gasteiger partial charge in [0, 0.05) is 26.2 Å². The van der Waals surface area contributed by atoms with E-state index in [1.807, 2.05) is 7.05 Å². The van der Waals surface area contributed by atoms with Crippen molar-refractivity contribution in [1.29, 1.82) is 0 Å². The summed E-state index contributed by atoms with van der Waals surface area (Å²) in [5.41, 5.74) is -0.213. The molecule has 0 aromatic heterocycles. The lowest BCUT2D eigenvalue weighted by Crippen LogP contribution is -2.50. The van der Waals surface area contributed by atoms with Crippen molar-refractivity contribution in [3.8, 4) is 0 Å².